The van der Waals surface area contributed by atoms with Crippen LogP contribution in [0.5, 0.6) is 0 Å². The van der Waals surface area contributed by atoms with Crippen LogP contribution in [0.3, 0.4) is 0 Å². The Morgan fingerprint density at radius 2 is 2.15 bits per heavy atom. The molecule has 3 nitrogen and oxygen atoms in total. The maximum absolute atomic E-state index is 6.48. The van der Waals surface area contributed by atoms with Crippen LogP contribution in [0.1, 0.15) is 51.8 Å². The molecule has 0 saturated heterocycles. The van der Waals surface area contributed by atoms with E-state index in [1.165, 1.54) is 24.2 Å². The van der Waals surface area contributed by atoms with Crippen molar-refractivity contribution in [1.82, 2.24) is 9.55 Å². The second-order valence-electron chi connectivity index (χ2n) is 6.35. The number of aromatic nitrogens is 2. The largest absolute Gasteiger partial charge is 0.327 e. The van der Waals surface area contributed by atoms with Gasteiger partial charge in [0.15, 0.2) is 0 Å². The van der Waals surface area contributed by atoms with Crippen molar-refractivity contribution in [3.05, 3.63) is 30.1 Å². The Labute approximate surface area is 121 Å². The van der Waals surface area contributed by atoms with Gasteiger partial charge < -0.3 is 10.3 Å². The molecule has 1 aromatic carbocycles. The topological polar surface area (TPSA) is 43.8 Å². The first-order valence-electron chi connectivity index (χ1n) is 7.88. The smallest absolute Gasteiger partial charge is 0.117 e. The summed E-state index contributed by atoms with van der Waals surface area (Å²) in [7, 11) is 0. The van der Waals surface area contributed by atoms with Gasteiger partial charge in [-0.2, -0.15) is 0 Å². The van der Waals surface area contributed by atoms with Crippen molar-refractivity contribution >= 4 is 11.0 Å². The SMILES string of the molecule is CCCn1c(C2(C)CCCCC2N)nc2ccccc21. The number of imidazole rings is 1. The number of rotatable bonds is 3. The average Bonchev–Trinajstić information content (AvgIpc) is 2.83. The Bertz CT molecular complexity index is 601. The lowest BCUT2D eigenvalue weighted by molar-refractivity contribution is 0.252. The molecule has 0 spiro atoms. The van der Waals surface area contributed by atoms with Crippen LogP contribution in [-0.4, -0.2) is 15.6 Å². The summed E-state index contributed by atoms with van der Waals surface area (Å²) < 4.78 is 2.40. The molecule has 0 radical (unpaired) electrons. The maximum atomic E-state index is 6.48. The minimum Gasteiger partial charge on any atom is -0.327 e. The molecule has 0 aliphatic heterocycles. The molecule has 3 heteroatoms. The van der Waals surface area contributed by atoms with Gasteiger partial charge in [0.25, 0.3) is 0 Å². The third kappa shape index (κ3) is 2.05. The summed E-state index contributed by atoms with van der Waals surface area (Å²) >= 11 is 0. The standard InChI is InChI=1S/C17H25N3/c1-3-12-20-14-9-5-4-8-13(14)19-16(20)17(2)11-7-6-10-15(17)18/h4-5,8-9,15H,3,6-7,10-12,18H2,1-2H3. The predicted molar refractivity (Wildman–Crippen MR) is 83.8 cm³/mol. The molecule has 1 fully saturated rings. The third-order valence-corrected chi connectivity index (χ3v) is 4.89. The van der Waals surface area contributed by atoms with Gasteiger partial charge in [-0.05, 0) is 31.4 Å². The fourth-order valence-electron chi connectivity index (χ4n) is 3.60. The highest BCUT2D eigenvalue weighted by Crippen LogP contribution is 2.39. The van der Waals surface area contributed by atoms with Crippen LogP contribution in [0, 0.1) is 0 Å². The van der Waals surface area contributed by atoms with Gasteiger partial charge in [-0.15, -0.1) is 0 Å². The molecule has 20 heavy (non-hydrogen) atoms. The number of hydrogen-bond donors (Lipinski definition) is 1. The first-order valence-corrected chi connectivity index (χ1v) is 7.88. The lowest BCUT2D eigenvalue weighted by Gasteiger charge is -2.39. The fourth-order valence-corrected chi connectivity index (χ4v) is 3.60. The lowest BCUT2D eigenvalue weighted by atomic mass is 9.71. The van der Waals surface area contributed by atoms with Gasteiger partial charge in [-0.25, -0.2) is 4.98 Å². The van der Waals surface area contributed by atoms with Gasteiger partial charge in [-0.3, -0.25) is 0 Å². The van der Waals surface area contributed by atoms with Gasteiger partial charge >= 0.3 is 0 Å². The zero-order valence-corrected chi connectivity index (χ0v) is 12.6. The van der Waals surface area contributed by atoms with Crippen LogP contribution in [-0.2, 0) is 12.0 Å². The first-order chi connectivity index (χ1) is 9.66. The number of nitrogens with zero attached hydrogens (tertiary/aromatic N) is 2. The van der Waals surface area contributed by atoms with Crippen molar-refractivity contribution in [3.63, 3.8) is 0 Å². The number of nitrogens with two attached hydrogens (primary N) is 1. The van der Waals surface area contributed by atoms with E-state index in [0.717, 1.165) is 31.3 Å². The Hall–Kier alpha value is -1.35. The minimum absolute atomic E-state index is 0.0203. The van der Waals surface area contributed by atoms with Crippen molar-refractivity contribution in [1.29, 1.82) is 0 Å². The molecular formula is C17H25N3. The van der Waals surface area contributed by atoms with E-state index in [0.29, 0.717) is 0 Å². The van der Waals surface area contributed by atoms with Crippen LogP contribution in [0.25, 0.3) is 11.0 Å². The van der Waals surface area contributed by atoms with Crippen LogP contribution in [0.4, 0.5) is 0 Å². The summed E-state index contributed by atoms with van der Waals surface area (Å²) in [5, 5.41) is 0. The maximum Gasteiger partial charge on any atom is 0.117 e. The molecule has 1 heterocycles. The van der Waals surface area contributed by atoms with E-state index in [2.05, 4.69) is 42.7 Å². The Kier molecular flexibility index (Phi) is 3.55. The van der Waals surface area contributed by atoms with Gasteiger partial charge in [0.1, 0.15) is 5.82 Å². The van der Waals surface area contributed by atoms with Crippen LogP contribution < -0.4 is 5.73 Å². The molecule has 2 aromatic rings. The van der Waals surface area contributed by atoms with E-state index < -0.39 is 0 Å². The highest BCUT2D eigenvalue weighted by molar-refractivity contribution is 5.76. The summed E-state index contributed by atoms with van der Waals surface area (Å²) in [6.07, 6.45) is 5.91. The molecule has 108 valence electrons. The van der Waals surface area contributed by atoms with Gasteiger partial charge in [0.2, 0.25) is 0 Å². The zero-order valence-electron chi connectivity index (χ0n) is 12.6. The van der Waals surface area contributed by atoms with Gasteiger partial charge in [0, 0.05) is 18.0 Å². The molecule has 0 bridgehead atoms. The molecule has 1 aromatic heterocycles. The first kappa shape index (κ1) is 13.6. The minimum atomic E-state index is 0.0203. The normalized spacial score (nSPS) is 27.1. The number of para-hydroxylation sites is 2. The van der Waals surface area contributed by atoms with Crippen LogP contribution in [0.2, 0.25) is 0 Å². The molecule has 2 N–H and O–H groups in total. The summed E-state index contributed by atoms with van der Waals surface area (Å²) in [6.45, 7) is 5.56. The van der Waals surface area contributed by atoms with Crippen LogP contribution in [0.15, 0.2) is 24.3 Å². The summed E-state index contributed by atoms with van der Waals surface area (Å²) in [4.78, 5) is 4.96. The quantitative estimate of drug-likeness (QED) is 0.927. The Morgan fingerprint density at radius 1 is 1.35 bits per heavy atom. The third-order valence-electron chi connectivity index (χ3n) is 4.89. The molecule has 1 aliphatic rings. The lowest BCUT2D eigenvalue weighted by Crippen LogP contribution is -2.47. The Morgan fingerprint density at radius 3 is 2.90 bits per heavy atom. The van der Waals surface area contributed by atoms with E-state index in [4.69, 9.17) is 10.7 Å². The average molecular weight is 271 g/mol. The summed E-state index contributed by atoms with van der Waals surface area (Å²) in [5.74, 6) is 1.20. The summed E-state index contributed by atoms with van der Waals surface area (Å²) in [5.41, 5.74) is 8.86. The number of aryl methyl sites for hydroxylation is 1. The molecule has 1 aliphatic carbocycles. The molecule has 2 atom stereocenters. The molecular weight excluding hydrogens is 246 g/mol. The van der Waals surface area contributed by atoms with Crippen molar-refractivity contribution < 1.29 is 0 Å². The van der Waals surface area contributed by atoms with E-state index in [-0.39, 0.29) is 11.5 Å². The van der Waals surface area contributed by atoms with Crippen molar-refractivity contribution in [2.75, 3.05) is 0 Å². The van der Waals surface area contributed by atoms with E-state index in [1.807, 2.05) is 0 Å². The monoisotopic (exact) mass is 271 g/mol. The molecule has 1 saturated carbocycles. The van der Waals surface area contributed by atoms with Crippen molar-refractivity contribution in [2.24, 2.45) is 5.73 Å². The fraction of sp³-hybridized carbons (Fsp3) is 0.588. The zero-order chi connectivity index (χ0) is 14.2. The molecule has 0 amide bonds. The highest BCUT2D eigenvalue weighted by atomic mass is 15.1. The van der Waals surface area contributed by atoms with E-state index in [1.54, 1.807) is 0 Å². The number of hydrogen-bond acceptors (Lipinski definition) is 2. The number of benzene rings is 1. The molecule has 3 rings (SSSR count). The second-order valence-corrected chi connectivity index (χ2v) is 6.35. The Balaban J connectivity index is 2.16. The van der Waals surface area contributed by atoms with Crippen LogP contribution >= 0.6 is 0 Å². The second kappa shape index (κ2) is 5.21. The van der Waals surface area contributed by atoms with Crippen molar-refractivity contribution in [3.8, 4) is 0 Å². The summed E-state index contributed by atoms with van der Waals surface area (Å²) in [6, 6.07) is 8.69. The number of fused-ring (bicyclic) bond motifs is 1. The van der Waals surface area contributed by atoms with E-state index >= 15 is 0 Å². The van der Waals surface area contributed by atoms with Gasteiger partial charge in [-0.1, -0.05) is 38.8 Å². The molecule has 2 unspecified atom stereocenters. The van der Waals surface area contributed by atoms with Gasteiger partial charge in [0.05, 0.1) is 11.0 Å². The van der Waals surface area contributed by atoms with Crippen molar-refractivity contribution in [2.45, 2.75) is 64.0 Å². The van der Waals surface area contributed by atoms with E-state index in [9.17, 15) is 0 Å². The predicted octanol–water partition coefficient (Wildman–Crippen LogP) is 3.61. The highest BCUT2D eigenvalue weighted by Gasteiger charge is 2.39.